The molecule has 0 spiro atoms. The van der Waals surface area contributed by atoms with E-state index in [0.717, 1.165) is 19.3 Å². The standard InChI is InChI=1S/C14H19N3O2S/c1-10-5-6-12(11(2)8-10)17-20(18,19)14-4-3-7-16-13(14)9-15/h3-4,7,10-12,17H,5-6,8H2,1-2H3. The molecular formula is C14H19N3O2S. The van der Waals surface area contributed by atoms with Gasteiger partial charge < -0.3 is 0 Å². The van der Waals surface area contributed by atoms with Crippen LogP contribution in [0.5, 0.6) is 0 Å². The smallest absolute Gasteiger partial charge is 0.243 e. The van der Waals surface area contributed by atoms with Crippen LogP contribution in [0, 0.1) is 23.2 Å². The fraction of sp³-hybridized carbons (Fsp3) is 0.571. The second-order valence-electron chi connectivity index (χ2n) is 5.59. The predicted octanol–water partition coefficient (Wildman–Crippen LogP) is 2.06. The van der Waals surface area contributed by atoms with Crippen molar-refractivity contribution in [3.63, 3.8) is 0 Å². The molecule has 1 aromatic rings. The minimum Gasteiger partial charge on any atom is -0.244 e. The van der Waals surface area contributed by atoms with Gasteiger partial charge in [0, 0.05) is 12.2 Å². The topological polar surface area (TPSA) is 82.8 Å². The summed E-state index contributed by atoms with van der Waals surface area (Å²) in [4.78, 5) is 3.77. The summed E-state index contributed by atoms with van der Waals surface area (Å²) < 4.78 is 27.5. The SMILES string of the molecule is CC1CCC(NS(=O)(=O)c2cccnc2C#N)C(C)C1. The first-order valence-electron chi connectivity index (χ1n) is 6.81. The van der Waals surface area contributed by atoms with Crippen LogP contribution in [0.2, 0.25) is 0 Å². The second kappa shape index (κ2) is 5.90. The Morgan fingerprint density at radius 3 is 2.80 bits per heavy atom. The van der Waals surface area contributed by atoms with Gasteiger partial charge in [-0.25, -0.2) is 18.1 Å². The van der Waals surface area contributed by atoms with Crippen LogP contribution < -0.4 is 4.72 Å². The van der Waals surface area contributed by atoms with E-state index in [0.29, 0.717) is 11.8 Å². The van der Waals surface area contributed by atoms with Crippen LogP contribution in [0.15, 0.2) is 23.2 Å². The monoisotopic (exact) mass is 293 g/mol. The molecule has 3 unspecified atom stereocenters. The van der Waals surface area contributed by atoms with Crippen molar-refractivity contribution in [3.8, 4) is 6.07 Å². The number of nitrogens with zero attached hydrogens (tertiary/aromatic N) is 2. The molecule has 20 heavy (non-hydrogen) atoms. The van der Waals surface area contributed by atoms with E-state index in [1.807, 2.05) is 6.07 Å². The van der Waals surface area contributed by atoms with E-state index in [1.54, 1.807) is 0 Å². The maximum absolute atomic E-state index is 12.4. The molecule has 3 atom stereocenters. The van der Waals surface area contributed by atoms with E-state index >= 15 is 0 Å². The first kappa shape index (κ1) is 14.9. The molecule has 0 amide bonds. The maximum Gasteiger partial charge on any atom is 0.243 e. The van der Waals surface area contributed by atoms with Crippen LogP contribution in [0.1, 0.15) is 38.8 Å². The van der Waals surface area contributed by atoms with Crippen LogP contribution in [0.4, 0.5) is 0 Å². The first-order chi connectivity index (χ1) is 9.44. The van der Waals surface area contributed by atoms with Crippen LogP contribution in [0.3, 0.4) is 0 Å². The van der Waals surface area contributed by atoms with Gasteiger partial charge in [0.2, 0.25) is 10.0 Å². The highest BCUT2D eigenvalue weighted by Gasteiger charge is 2.30. The lowest BCUT2D eigenvalue weighted by Gasteiger charge is -2.32. The number of nitriles is 1. The lowest BCUT2D eigenvalue weighted by Crippen LogP contribution is -2.42. The molecule has 1 aliphatic carbocycles. The summed E-state index contributed by atoms with van der Waals surface area (Å²) in [5, 5.41) is 8.97. The molecule has 0 saturated heterocycles. The molecular weight excluding hydrogens is 274 g/mol. The number of hydrogen-bond acceptors (Lipinski definition) is 4. The van der Waals surface area contributed by atoms with Gasteiger partial charge in [0.25, 0.3) is 0 Å². The van der Waals surface area contributed by atoms with Gasteiger partial charge in [0.15, 0.2) is 5.69 Å². The van der Waals surface area contributed by atoms with Crippen molar-refractivity contribution >= 4 is 10.0 Å². The van der Waals surface area contributed by atoms with Crippen LogP contribution in [-0.4, -0.2) is 19.4 Å². The Balaban J connectivity index is 2.22. The summed E-state index contributed by atoms with van der Waals surface area (Å²) in [5.74, 6) is 0.939. The molecule has 1 aliphatic rings. The molecule has 2 rings (SSSR count). The van der Waals surface area contributed by atoms with E-state index in [4.69, 9.17) is 5.26 Å². The van der Waals surface area contributed by atoms with Crippen LogP contribution >= 0.6 is 0 Å². The van der Waals surface area contributed by atoms with Gasteiger partial charge in [-0.1, -0.05) is 13.8 Å². The number of hydrogen-bond donors (Lipinski definition) is 1. The van der Waals surface area contributed by atoms with Gasteiger partial charge in [-0.15, -0.1) is 0 Å². The zero-order chi connectivity index (χ0) is 14.8. The highest BCUT2D eigenvalue weighted by atomic mass is 32.2. The van der Waals surface area contributed by atoms with Crippen LogP contribution in [-0.2, 0) is 10.0 Å². The Kier molecular flexibility index (Phi) is 4.41. The average molecular weight is 293 g/mol. The molecule has 0 radical (unpaired) electrons. The second-order valence-corrected chi connectivity index (χ2v) is 7.27. The minimum absolute atomic E-state index is 0.0340. The van der Waals surface area contributed by atoms with Gasteiger partial charge in [0.05, 0.1) is 0 Å². The van der Waals surface area contributed by atoms with Crippen molar-refractivity contribution in [2.45, 2.75) is 44.0 Å². The largest absolute Gasteiger partial charge is 0.244 e. The lowest BCUT2D eigenvalue weighted by atomic mass is 9.80. The molecule has 1 fully saturated rings. The average Bonchev–Trinajstić information content (AvgIpc) is 2.42. The highest BCUT2D eigenvalue weighted by Crippen LogP contribution is 2.29. The van der Waals surface area contributed by atoms with E-state index in [1.165, 1.54) is 18.3 Å². The van der Waals surface area contributed by atoms with E-state index < -0.39 is 10.0 Å². The summed E-state index contributed by atoms with van der Waals surface area (Å²) in [6.45, 7) is 4.26. The zero-order valence-corrected chi connectivity index (χ0v) is 12.5. The number of nitrogens with one attached hydrogen (secondary N) is 1. The van der Waals surface area contributed by atoms with Crippen molar-refractivity contribution in [3.05, 3.63) is 24.0 Å². The Hall–Kier alpha value is -1.45. The first-order valence-corrected chi connectivity index (χ1v) is 8.30. The minimum atomic E-state index is -3.69. The van der Waals surface area contributed by atoms with Gasteiger partial charge in [0.1, 0.15) is 11.0 Å². The number of aromatic nitrogens is 1. The van der Waals surface area contributed by atoms with Gasteiger partial charge in [-0.3, -0.25) is 0 Å². The Bertz CT molecular complexity index is 622. The Morgan fingerprint density at radius 1 is 1.40 bits per heavy atom. The lowest BCUT2D eigenvalue weighted by molar-refractivity contribution is 0.249. The highest BCUT2D eigenvalue weighted by molar-refractivity contribution is 7.89. The van der Waals surface area contributed by atoms with Gasteiger partial charge in [-0.05, 0) is 43.2 Å². The zero-order valence-electron chi connectivity index (χ0n) is 11.7. The quantitative estimate of drug-likeness (QED) is 0.924. The third kappa shape index (κ3) is 3.17. The van der Waals surface area contributed by atoms with E-state index in [-0.39, 0.29) is 16.6 Å². The fourth-order valence-electron chi connectivity index (χ4n) is 2.79. The fourth-order valence-corrected chi connectivity index (χ4v) is 4.28. The summed E-state index contributed by atoms with van der Waals surface area (Å²) >= 11 is 0. The van der Waals surface area contributed by atoms with Gasteiger partial charge >= 0.3 is 0 Å². The molecule has 0 aromatic carbocycles. The number of sulfonamides is 1. The molecule has 1 heterocycles. The van der Waals surface area contributed by atoms with Crippen LogP contribution in [0.25, 0.3) is 0 Å². The van der Waals surface area contributed by atoms with Crippen molar-refractivity contribution in [1.82, 2.24) is 9.71 Å². The molecule has 0 bridgehead atoms. The van der Waals surface area contributed by atoms with E-state index in [9.17, 15) is 8.42 Å². The van der Waals surface area contributed by atoms with Crippen molar-refractivity contribution < 1.29 is 8.42 Å². The third-order valence-electron chi connectivity index (χ3n) is 3.90. The molecule has 1 N–H and O–H groups in total. The Morgan fingerprint density at radius 2 is 2.15 bits per heavy atom. The predicted molar refractivity (Wildman–Crippen MR) is 75.2 cm³/mol. The maximum atomic E-state index is 12.4. The number of pyridine rings is 1. The molecule has 5 nitrogen and oxygen atoms in total. The summed E-state index contributed by atoms with van der Waals surface area (Å²) in [6.07, 6.45) is 4.30. The van der Waals surface area contributed by atoms with E-state index in [2.05, 4.69) is 23.6 Å². The summed E-state index contributed by atoms with van der Waals surface area (Å²) in [5.41, 5.74) is -0.0585. The number of rotatable bonds is 3. The van der Waals surface area contributed by atoms with Crippen molar-refractivity contribution in [1.29, 1.82) is 5.26 Å². The third-order valence-corrected chi connectivity index (χ3v) is 5.43. The molecule has 6 heteroatoms. The molecule has 1 saturated carbocycles. The summed E-state index contributed by atoms with van der Waals surface area (Å²) in [7, 11) is -3.69. The molecule has 0 aliphatic heterocycles. The van der Waals surface area contributed by atoms with Crippen molar-refractivity contribution in [2.75, 3.05) is 0 Å². The molecule has 108 valence electrons. The summed E-state index contributed by atoms with van der Waals surface area (Å²) in [6, 6.07) is 4.71. The van der Waals surface area contributed by atoms with Crippen molar-refractivity contribution in [2.24, 2.45) is 11.8 Å². The van der Waals surface area contributed by atoms with Gasteiger partial charge in [-0.2, -0.15) is 5.26 Å². The normalized spacial score (nSPS) is 26.9. The molecule has 1 aromatic heterocycles. The Labute approximate surface area is 120 Å².